The zero-order chi connectivity index (χ0) is 20.8. The van der Waals surface area contributed by atoms with Gasteiger partial charge in [-0.05, 0) is 39.1 Å². The molecule has 7 nitrogen and oxygen atoms in total. The van der Waals surface area contributed by atoms with Crippen molar-refractivity contribution >= 4 is 18.1 Å². The number of nitrogens with one attached hydrogen (secondary N) is 2. The fourth-order valence-electron chi connectivity index (χ4n) is 2.83. The van der Waals surface area contributed by atoms with Gasteiger partial charge in [0.1, 0.15) is 0 Å². The number of aromatic nitrogens is 4. The van der Waals surface area contributed by atoms with E-state index in [4.69, 9.17) is 17.0 Å². The second-order valence-corrected chi connectivity index (χ2v) is 7.42. The Balaban J connectivity index is 1.62. The Bertz CT molecular complexity index is 1020. The number of ether oxygens (including phenoxy) is 1. The summed E-state index contributed by atoms with van der Waals surface area (Å²) in [5.74, 6) is 1.19. The summed E-state index contributed by atoms with van der Waals surface area (Å²) in [6, 6.07) is 11.8. The van der Waals surface area contributed by atoms with Crippen molar-refractivity contribution in [2.75, 3.05) is 0 Å². The second-order valence-electron chi connectivity index (χ2n) is 7.03. The van der Waals surface area contributed by atoms with Crippen LogP contribution in [0.2, 0.25) is 0 Å². The molecule has 2 heterocycles. The average molecular weight is 412 g/mol. The van der Waals surface area contributed by atoms with Crippen LogP contribution in [-0.2, 0) is 17.9 Å². The molecule has 0 spiro atoms. The first-order valence-corrected chi connectivity index (χ1v) is 9.94. The van der Waals surface area contributed by atoms with Crippen molar-refractivity contribution in [1.29, 1.82) is 0 Å². The van der Waals surface area contributed by atoms with E-state index in [-0.39, 0.29) is 18.4 Å². The molecule has 0 radical (unpaired) electrons. The van der Waals surface area contributed by atoms with Crippen LogP contribution in [0.25, 0.3) is 11.4 Å². The van der Waals surface area contributed by atoms with Gasteiger partial charge >= 0.3 is 0 Å². The molecule has 0 saturated heterocycles. The molecule has 0 bridgehead atoms. The van der Waals surface area contributed by atoms with E-state index >= 15 is 0 Å². The number of carbonyl (C=O) groups excluding carboxylic acids is 1. The highest BCUT2D eigenvalue weighted by molar-refractivity contribution is 7.71. The number of amides is 1. The molecule has 0 saturated carbocycles. The van der Waals surface area contributed by atoms with Crippen molar-refractivity contribution in [1.82, 2.24) is 25.1 Å². The number of hydrogen-bond acceptors (Lipinski definition) is 5. The first-order valence-electron chi connectivity index (χ1n) is 9.53. The van der Waals surface area contributed by atoms with Crippen LogP contribution in [-0.4, -0.2) is 31.8 Å². The van der Waals surface area contributed by atoms with E-state index in [1.54, 1.807) is 6.20 Å². The van der Waals surface area contributed by atoms with Crippen molar-refractivity contribution in [3.8, 4) is 17.3 Å². The largest absolute Gasteiger partial charge is 0.475 e. The molecular weight excluding hydrogens is 386 g/mol. The molecule has 0 aliphatic heterocycles. The van der Waals surface area contributed by atoms with Crippen LogP contribution >= 0.6 is 12.2 Å². The number of aryl methyl sites for hydroxylation is 1. The Morgan fingerprint density at radius 1 is 1.28 bits per heavy atom. The molecule has 29 heavy (non-hydrogen) atoms. The Morgan fingerprint density at radius 2 is 2.03 bits per heavy atom. The van der Waals surface area contributed by atoms with Crippen LogP contribution < -0.4 is 10.1 Å². The Kier molecular flexibility index (Phi) is 6.77. The fourth-order valence-corrected chi connectivity index (χ4v) is 3.06. The molecule has 2 aromatic heterocycles. The number of H-pyrrole nitrogens is 1. The van der Waals surface area contributed by atoms with Crippen LogP contribution in [0.3, 0.4) is 0 Å². The molecule has 3 aromatic rings. The quantitative estimate of drug-likeness (QED) is 0.551. The molecule has 0 unspecified atom stereocenters. The van der Waals surface area contributed by atoms with Crippen molar-refractivity contribution in [3.05, 3.63) is 58.5 Å². The summed E-state index contributed by atoms with van der Waals surface area (Å²) < 4.78 is 8.03. The van der Waals surface area contributed by atoms with Crippen molar-refractivity contribution in [2.24, 2.45) is 0 Å². The molecule has 152 valence electrons. The standard InChI is InChI=1S/C21H25N5O2S/c1-14(2)28-20-17(5-4-11-22-20)13-23-18(27)10-12-26-19(24-25-21(26)29)16-8-6-15(3)7-9-16/h4-9,11,14H,10,12-13H2,1-3H3,(H,23,27)(H,25,29). The average Bonchev–Trinajstić information content (AvgIpc) is 3.06. The van der Waals surface area contributed by atoms with E-state index in [0.29, 0.717) is 23.7 Å². The van der Waals surface area contributed by atoms with Gasteiger partial charge in [-0.3, -0.25) is 14.5 Å². The lowest BCUT2D eigenvalue weighted by Crippen LogP contribution is -2.24. The highest BCUT2D eigenvalue weighted by Gasteiger charge is 2.12. The predicted molar refractivity (Wildman–Crippen MR) is 114 cm³/mol. The third-order valence-electron chi connectivity index (χ3n) is 4.30. The second kappa shape index (κ2) is 9.47. The molecule has 0 fully saturated rings. The van der Waals surface area contributed by atoms with Gasteiger partial charge in [0.15, 0.2) is 10.6 Å². The van der Waals surface area contributed by atoms with Gasteiger partial charge in [-0.15, -0.1) is 0 Å². The number of hydrogen-bond donors (Lipinski definition) is 2. The fraction of sp³-hybridized carbons (Fsp3) is 0.333. The summed E-state index contributed by atoms with van der Waals surface area (Å²) in [5.41, 5.74) is 2.97. The minimum Gasteiger partial charge on any atom is -0.475 e. The van der Waals surface area contributed by atoms with E-state index in [1.165, 1.54) is 5.56 Å². The zero-order valence-electron chi connectivity index (χ0n) is 16.8. The van der Waals surface area contributed by atoms with Crippen LogP contribution in [0.5, 0.6) is 5.88 Å². The predicted octanol–water partition coefficient (Wildman–Crippen LogP) is 3.80. The molecule has 3 rings (SSSR count). The van der Waals surface area contributed by atoms with Crippen molar-refractivity contribution in [2.45, 2.75) is 46.4 Å². The summed E-state index contributed by atoms with van der Waals surface area (Å²) in [6.07, 6.45) is 1.98. The van der Waals surface area contributed by atoms with Crippen LogP contribution in [0.15, 0.2) is 42.6 Å². The van der Waals surface area contributed by atoms with E-state index < -0.39 is 0 Å². The number of rotatable bonds is 8. The first-order chi connectivity index (χ1) is 13.9. The molecular formula is C21H25N5O2S. The van der Waals surface area contributed by atoms with Crippen LogP contribution in [0.1, 0.15) is 31.4 Å². The maximum absolute atomic E-state index is 12.4. The monoisotopic (exact) mass is 411 g/mol. The normalized spacial score (nSPS) is 10.9. The van der Waals surface area contributed by atoms with Gasteiger partial charge in [0, 0.05) is 36.8 Å². The number of benzene rings is 1. The Morgan fingerprint density at radius 3 is 2.76 bits per heavy atom. The molecule has 2 N–H and O–H groups in total. The highest BCUT2D eigenvalue weighted by Crippen LogP contribution is 2.18. The smallest absolute Gasteiger partial charge is 0.222 e. The molecule has 0 atom stereocenters. The lowest BCUT2D eigenvalue weighted by Gasteiger charge is -2.13. The highest BCUT2D eigenvalue weighted by atomic mass is 32.1. The number of nitrogens with zero attached hydrogens (tertiary/aromatic N) is 3. The van der Waals surface area contributed by atoms with Gasteiger partial charge in [0.2, 0.25) is 11.8 Å². The molecule has 1 amide bonds. The van der Waals surface area contributed by atoms with E-state index in [0.717, 1.165) is 17.0 Å². The maximum Gasteiger partial charge on any atom is 0.222 e. The molecule has 0 aliphatic carbocycles. The summed E-state index contributed by atoms with van der Waals surface area (Å²) in [5, 5.41) is 10.1. The molecule has 8 heteroatoms. The molecule has 1 aromatic carbocycles. The minimum absolute atomic E-state index is 0.0162. The number of pyridine rings is 1. The third-order valence-corrected chi connectivity index (χ3v) is 4.62. The molecule has 0 aliphatic rings. The first kappa shape index (κ1) is 20.7. The zero-order valence-corrected chi connectivity index (χ0v) is 17.6. The van der Waals surface area contributed by atoms with Gasteiger partial charge in [-0.2, -0.15) is 5.10 Å². The number of aromatic amines is 1. The topological polar surface area (TPSA) is 84.8 Å². The summed E-state index contributed by atoms with van der Waals surface area (Å²) in [4.78, 5) is 16.6. The number of carbonyl (C=O) groups is 1. The Hall–Kier alpha value is -3.00. The van der Waals surface area contributed by atoms with Crippen molar-refractivity contribution in [3.63, 3.8) is 0 Å². The lowest BCUT2D eigenvalue weighted by atomic mass is 10.1. The minimum atomic E-state index is -0.0812. The van der Waals surface area contributed by atoms with E-state index in [1.807, 2.05) is 61.7 Å². The van der Waals surface area contributed by atoms with Crippen LogP contribution in [0, 0.1) is 11.7 Å². The summed E-state index contributed by atoms with van der Waals surface area (Å²) >= 11 is 5.34. The SMILES string of the molecule is Cc1ccc(-c2n[nH]c(=S)n2CCC(=O)NCc2cccnc2OC(C)C)cc1. The third kappa shape index (κ3) is 5.51. The van der Waals surface area contributed by atoms with E-state index in [2.05, 4.69) is 20.5 Å². The lowest BCUT2D eigenvalue weighted by molar-refractivity contribution is -0.121. The van der Waals surface area contributed by atoms with Crippen LogP contribution in [0.4, 0.5) is 0 Å². The van der Waals surface area contributed by atoms with E-state index in [9.17, 15) is 4.79 Å². The van der Waals surface area contributed by atoms with Gasteiger partial charge < -0.3 is 10.1 Å². The summed E-state index contributed by atoms with van der Waals surface area (Å²) in [6.45, 7) is 6.71. The van der Waals surface area contributed by atoms with Gasteiger partial charge in [-0.1, -0.05) is 35.9 Å². The van der Waals surface area contributed by atoms with Gasteiger partial charge in [0.05, 0.1) is 6.10 Å². The van der Waals surface area contributed by atoms with Crippen molar-refractivity contribution < 1.29 is 9.53 Å². The Labute approximate surface area is 175 Å². The maximum atomic E-state index is 12.4. The van der Waals surface area contributed by atoms with Gasteiger partial charge in [0.25, 0.3) is 0 Å². The summed E-state index contributed by atoms with van der Waals surface area (Å²) in [7, 11) is 0. The van der Waals surface area contributed by atoms with Gasteiger partial charge in [-0.25, -0.2) is 4.98 Å².